The highest BCUT2D eigenvalue weighted by Gasteiger charge is 2.14. The van der Waals surface area contributed by atoms with Crippen molar-refractivity contribution in [2.45, 2.75) is 27.4 Å². The van der Waals surface area contributed by atoms with E-state index in [1.807, 2.05) is 0 Å². The second-order valence-corrected chi connectivity index (χ2v) is 3.37. The molecular formula is C11H12F2O2. The highest BCUT2D eigenvalue weighted by molar-refractivity contribution is 5.81. The van der Waals surface area contributed by atoms with E-state index in [4.69, 9.17) is 0 Å². The summed E-state index contributed by atoms with van der Waals surface area (Å²) in [7, 11) is 0. The number of hydrogen-bond donors (Lipinski definition) is 0. The van der Waals surface area contributed by atoms with E-state index < -0.39 is 6.61 Å². The molecule has 0 radical (unpaired) electrons. The monoisotopic (exact) mass is 214 g/mol. The van der Waals surface area contributed by atoms with E-state index in [9.17, 15) is 13.6 Å². The van der Waals surface area contributed by atoms with Crippen LogP contribution in [0.3, 0.4) is 0 Å². The summed E-state index contributed by atoms with van der Waals surface area (Å²) in [6.45, 7) is 2.16. The van der Waals surface area contributed by atoms with Crippen LogP contribution in [0.1, 0.15) is 27.0 Å². The summed E-state index contributed by atoms with van der Waals surface area (Å²) in [4.78, 5) is 10.8. The molecule has 0 bridgehead atoms. The molecule has 0 atom stereocenters. The standard InChI is InChI=1S/C11H12F2O2/c1-6-4-7(2)10(15-11(12)13)8(3)9(6)5-14/h4-5,11H,1-3H3. The predicted octanol–water partition coefficient (Wildman–Crippen LogP) is 3.03. The van der Waals surface area contributed by atoms with Crippen LogP contribution in [0.4, 0.5) is 8.78 Å². The molecule has 15 heavy (non-hydrogen) atoms. The molecule has 0 saturated heterocycles. The average molecular weight is 214 g/mol. The third kappa shape index (κ3) is 2.32. The van der Waals surface area contributed by atoms with Gasteiger partial charge >= 0.3 is 6.61 Å². The van der Waals surface area contributed by atoms with Crippen LogP contribution < -0.4 is 4.74 Å². The van der Waals surface area contributed by atoms with Crippen molar-refractivity contribution in [3.8, 4) is 5.75 Å². The zero-order valence-corrected chi connectivity index (χ0v) is 8.80. The number of carbonyl (C=O) groups is 1. The van der Waals surface area contributed by atoms with Crippen LogP contribution in [0, 0.1) is 20.8 Å². The molecule has 0 N–H and O–H groups in total. The number of aryl methyl sites for hydroxylation is 2. The molecule has 0 amide bonds. The highest BCUT2D eigenvalue weighted by atomic mass is 19.3. The molecule has 0 spiro atoms. The van der Waals surface area contributed by atoms with Gasteiger partial charge < -0.3 is 4.74 Å². The molecule has 0 unspecified atom stereocenters. The topological polar surface area (TPSA) is 26.3 Å². The molecule has 4 heteroatoms. The lowest BCUT2D eigenvalue weighted by Crippen LogP contribution is -2.07. The van der Waals surface area contributed by atoms with Crippen molar-refractivity contribution < 1.29 is 18.3 Å². The molecule has 0 aliphatic carbocycles. The van der Waals surface area contributed by atoms with Gasteiger partial charge in [-0.3, -0.25) is 4.79 Å². The summed E-state index contributed by atoms with van der Waals surface area (Å²) in [5.74, 6) is 0.0951. The van der Waals surface area contributed by atoms with Gasteiger partial charge in [0.15, 0.2) is 6.29 Å². The molecular weight excluding hydrogens is 202 g/mol. The normalized spacial score (nSPS) is 10.5. The van der Waals surface area contributed by atoms with E-state index in [0.717, 1.165) is 5.56 Å². The van der Waals surface area contributed by atoms with Gasteiger partial charge in [0.05, 0.1) is 0 Å². The van der Waals surface area contributed by atoms with E-state index in [2.05, 4.69) is 4.74 Å². The smallest absolute Gasteiger partial charge is 0.387 e. The lowest BCUT2D eigenvalue weighted by atomic mass is 9.99. The zero-order chi connectivity index (χ0) is 11.6. The maximum absolute atomic E-state index is 12.1. The second-order valence-electron chi connectivity index (χ2n) is 3.37. The summed E-state index contributed by atoms with van der Waals surface area (Å²) in [6.07, 6.45) is 0.655. The first-order valence-electron chi connectivity index (χ1n) is 4.48. The quantitative estimate of drug-likeness (QED) is 0.723. The van der Waals surface area contributed by atoms with Crippen molar-refractivity contribution in [2.75, 3.05) is 0 Å². The van der Waals surface area contributed by atoms with E-state index in [1.165, 1.54) is 0 Å². The molecule has 1 rings (SSSR count). The number of carbonyl (C=O) groups excluding carboxylic acids is 1. The Morgan fingerprint density at radius 2 is 1.87 bits per heavy atom. The first-order chi connectivity index (χ1) is 6.97. The fraction of sp³-hybridized carbons (Fsp3) is 0.364. The number of hydrogen-bond acceptors (Lipinski definition) is 2. The van der Waals surface area contributed by atoms with Gasteiger partial charge in [-0.05, 0) is 31.9 Å². The Kier molecular flexibility index (Phi) is 3.39. The maximum atomic E-state index is 12.1. The van der Waals surface area contributed by atoms with Gasteiger partial charge in [0.1, 0.15) is 5.75 Å². The first-order valence-corrected chi connectivity index (χ1v) is 4.48. The Morgan fingerprint density at radius 1 is 1.27 bits per heavy atom. The Hall–Kier alpha value is -1.45. The van der Waals surface area contributed by atoms with Gasteiger partial charge in [-0.15, -0.1) is 0 Å². The number of halogens is 2. The second kappa shape index (κ2) is 4.38. The summed E-state index contributed by atoms with van der Waals surface area (Å²) in [5, 5.41) is 0. The Balaban J connectivity index is 3.32. The minimum Gasteiger partial charge on any atom is -0.434 e. The molecule has 0 saturated carbocycles. The van der Waals surface area contributed by atoms with Crippen LogP contribution in [0.25, 0.3) is 0 Å². The summed E-state index contributed by atoms with van der Waals surface area (Å²) in [5.41, 5.74) is 2.25. The largest absolute Gasteiger partial charge is 0.434 e. The number of alkyl halides is 2. The Labute approximate surface area is 86.9 Å². The van der Waals surface area contributed by atoms with Crippen LogP contribution in [0.5, 0.6) is 5.75 Å². The van der Waals surface area contributed by atoms with Crippen molar-refractivity contribution in [1.82, 2.24) is 0 Å². The third-order valence-electron chi connectivity index (χ3n) is 2.29. The molecule has 0 fully saturated rings. The van der Waals surface area contributed by atoms with Crippen molar-refractivity contribution in [3.63, 3.8) is 0 Å². The molecule has 1 aromatic rings. The van der Waals surface area contributed by atoms with Crippen LogP contribution in [0.15, 0.2) is 6.07 Å². The van der Waals surface area contributed by atoms with E-state index in [0.29, 0.717) is 23.0 Å². The molecule has 0 heterocycles. The van der Waals surface area contributed by atoms with Gasteiger partial charge in [-0.2, -0.15) is 8.78 Å². The van der Waals surface area contributed by atoms with E-state index >= 15 is 0 Å². The van der Waals surface area contributed by atoms with Crippen molar-refractivity contribution in [3.05, 3.63) is 28.3 Å². The number of rotatable bonds is 3. The van der Waals surface area contributed by atoms with Crippen LogP contribution in [-0.4, -0.2) is 12.9 Å². The van der Waals surface area contributed by atoms with Crippen LogP contribution in [0.2, 0.25) is 0 Å². The minimum atomic E-state index is -2.87. The van der Waals surface area contributed by atoms with Gasteiger partial charge in [-0.1, -0.05) is 6.07 Å². The SMILES string of the molecule is Cc1cc(C)c(OC(F)F)c(C)c1C=O. The molecule has 0 aliphatic rings. The number of benzene rings is 1. The molecule has 0 aromatic heterocycles. The lowest BCUT2D eigenvalue weighted by Gasteiger charge is -2.14. The maximum Gasteiger partial charge on any atom is 0.387 e. The summed E-state index contributed by atoms with van der Waals surface area (Å²) < 4.78 is 28.6. The third-order valence-corrected chi connectivity index (χ3v) is 2.29. The Morgan fingerprint density at radius 3 is 2.33 bits per heavy atom. The van der Waals surface area contributed by atoms with Crippen molar-refractivity contribution >= 4 is 6.29 Å². The van der Waals surface area contributed by atoms with Gasteiger partial charge in [0.25, 0.3) is 0 Å². The van der Waals surface area contributed by atoms with Gasteiger partial charge in [-0.25, -0.2) is 0 Å². The van der Waals surface area contributed by atoms with Crippen molar-refractivity contribution in [1.29, 1.82) is 0 Å². The van der Waals surface area contributed by atoms with E-state index in [-0.39, 0.29) is 5.75 Å². The highest BCUT2D eigenvalue weighted by Crippen LogP contribution is 2.29. The fourth-order valence-corrected chi connectivity index (χ4v) is 1.63. The molecule has 82 valence electrons. The van der Waals surface area contributed by atoms with Crippen LogP contribution >= 0.6 is 0 Å². The fourth-order valence-electron chi connectivity index (χ4n) is 1.63. The van der Waals surface area contributed by atoms with Crippen molar-refractivity contribution in [2.24, 2.45) is 0 Å². The summed E-state index contributed by atoms with van der Waals surface area (Å²) >= 11 is 0. The number of ether oxygens (including phenoxy) is 1. The predicted molar refractivity (Wildman–Crippen MR) is 52.7 cm³/mol. The molecule has 2 nitrogen and oxygen atoms in total. The average Bonchev–Trinajstić information content (AvgIpc) is 2.12. The molecule has 0 aliphatic heterocycles. The van der Waals surface area contributed by atoms with Gasteiger partial charge in [0, 0.05) is 11.1 Å². The van der Waals surface area contributed by atoms with Crippen LogP contribution in [-0.2, 0) is 0 Å². The number of aldehydes is 1. The Bertz CT molecular complexity index is 387. The summed E-state index contributed by atoms with van der Waals surface area (Å²) in [6, 6.07) is 1.66. The first kappa shape index (κ1) is 11.6. The molecule has 1 aromatic carbocycles. The minimum absolute atomic E-state index is 0.0951. The zero-order valence-electron chi connectivity index (χ0n) is 8.80. The lowest BCUT2D eigenvalue weighted by molar-refractivity contribution is -0.0507. The van der Waals surface area contributed by atoms with Gasteiger partial charge in [0.2, 0.25) is 0 Å². The van der Waals surface area contributed by atoms with E-state index in [1.54, 1.807) is 26.8 Å².